The monoisotopic (exact) mass is 413 g/mol. The van der Waals surface area contributed by atoms with Crippen molar-refractivity contribution in [1.82, 2.24) is 4.90 Å². The van der Waals surface area contributed by atoms with Crippen LogP contribution in [0.4, 0.5) is 17.6 Å². The molecule has 5 nitrogen and oxygen atoms in total. The number of nitrogens with one attached hydrogen (secondary N) is 1. The number of hydrogen-bond donors (Lipinski definition) is 1. The lowest BCUT2D eigenvalue weighted by Gasteiger charge is -2.32. The van der Waals surface area contributed by atoms with E-state index in [0.717, 1.165) is 18.7 Å². The van der Waals surface area contributed by atoms with Crippen LogP contribution in [-0.2, 0) is 6.54 Å². The van der Waals surface area contributed by atoms with E-state index >= 15 is 0 Å². The van der Waals surface area contributed by atoms with Crippen molar-refractivity contribution >= 4 is 5.91 Å². The number of quaternary nitrogens is 1. The van der Waals surface area contributed by atoms with Crippen molar-refractivity contribution in [2.24, 2.45) is 0 Å². The molecule has 0 atom stereocenters. The van der Waals surface area contributed by atoms with Gasteiger partial charge in [-0.05, 0) is 12.1 Å². The van der Waals surface area contributed by atoms with Crippen molar-refractivity contribution in [2.75, 3.05) is 26.2 Å². The van der Waals surface area contributed by atoms with Crippen molar-refractivity contribution in [3.05, 3.63) is 59.7 Å². The maximum absolute atomic E-state index is 12.8. The average Bonchev–Trinajstić information content (AvgIpc) is 2.68. The predicted molar refractivity (Wildman–Crippen MR) is 96.5 cm³/mol. The van der Waals surface area contributed by atoms with Gasteiger partial charge >= 0.3 is 13.2 Å². The second kappa shape index (κ2) is 9.60. The maximum atomic E-state index is 12.8. The molecule has 1 heterocycles. The highest BCUT2D eigenvalue weighted by Gasteiger charge is 2.27. The molecule has 0 aliphatic carbocycles. The van der Waals surface area contributed by atoms with Crippen LogP contribution in [0.25, 0.3) is 0 Å². The van der Waals surface area contributed by atoms with Crippen LogP contribution in [0.3, 0.4) is 0 Å². The number of amides is 1. The Labute approximate surface area is 165 Å². The Bertz CT molecular complexity index is 813. The molecule has 1 fully saturated rings. The number of carbonyl (C=O) groups excluding carboxylic acids is 1. The van der Waals surface area contributed by atoms with E-state index in [9.17, 15) is 22.4 Å². The summed E-state index contributed by atoms with van der Waals surface area (Å²) in [6.45, 7) is -3.17. The minimum absolute atomic E-state index is 0.113. The number of hydrogen-bond acceptors (Lipinski definition) is 3. The molecule has 2 aromatic rings. The van der Waals surface area contributed by atoms with E-state index in [1.165, 1.54) is 16.5 Å². The van der Waals surface area contributed by atoms with Crippen LogP contribution in [0.15, 0.2) is 48.5 Å². The van der Waals surface area contributed by atoms with Crippen LogP contribution in [-0.4, -0.2) is 50.2 Å². The Morgan fingerprint density at radius 2 is 1.62 bits per heavy atom. The summed E-state index contributed by atoms with van der Waals surface area (Å²) in [4.78, 5) is 15.7. The summed E-state index contributed by atoms with van der Waals surface area (Å²) in [5.74, 6) is -1.32. The van der Waals surface area contributed by atoms with E-state index in [4.69, 9.17) is 0 Å². The number of piperazine rings is 1. The first-order valence-electron chi connectivity index (χ1n) is 9.13. The highest BCUT2D eigenvalue weighted by molar-refractivity contribution is 5.97. The third-order valence-electron chi connectivity index (χ3n) is 4.68. The van der Waals surface area contributed by atoms with Crippen LogP contribution < -0.4 is 14.4 Å². The van der Waals surface area contributed by atoms with E-state index in [1.807, 2.05) is 30.3 Å². The standard InChI is InChI=1S/C20H20F4N2O3/c21-19(22)28-15-6-7-16(17(12-15)29-20(23)24)18(27)26-10-8-25(9-11-26)13-14-4-2-1-3-5-14/h1-7,12,19-20H,8-11,13H2/p+1. The quantitative estimate of drug-likeness (QED) is 0.710. The van der Waals surface area contributed by atoms with E-state index in [-0.39, 0.29) is 11.3 Å². The molecule has 156 valence electrons. The van der Waals surface area contributed by atoms with Crippen molar-refractivity contribution in [3.8, 4) is 11.5 Å². The zero-order valence-electron chi connectivity index (χ0n) is 15.5. The Balaban J connectivity index is 1.66. The first kappa shape index (κ1) is 20.9. The van der Waals surface area contributed by atoms with Gasteiger partial charge in [-0.3, -0.25) is 4.79 Å². The second-order valence-electron chi connectivity index (χ2n) is 6.62. The summed E-state index contributed by atoms with van der Waals surface area (Å²) in [6.07, 6.45) is 0. The third-order valence-corrected chi connectivity index (χ3v) is 4.68. The van der Waals surface area contributed by atoms with Gasteiger partial charge in [-0.15, -0.1) is 0 Å². The first-order valence-corrected chi connectivity index (χ1v) is 9.13. The van der Waals surface area contributed by atoms with Crippen LogP contribution in [0.2, 0.25) is 0 Å². The lowest BCUT2D eigenvalue weighted by Crippen LogP contribution is -3.13. The molecule has 29 heavy (non-hydrogen) atoms. The molecular weight excluding hydrogens is 392 g/mol. The van der Waals surface area contributed by atoms with E-state index in [1.54, 1.807) is 4.90 Å². The fourth-order valence-electron chi connectivity index (χ4n) is 3.31. The maximum Gasteiger partial charge on any atom is 0.387 e. The molecule has 1 aliphatic rings. The Morgan fingerprint density at radius 3 is 2.24 bits per heavy atom. The van der Waals surface area contributed by atoms with Gasteiger partial charge in [0, 0.05) is 11.6 Å². The molecule has 9 heteroatoms. The Kier molecular flexibility index (Phi) is 6.92. The molecule has 1 N–H and O–H groups in total. The lowest BCUT2D eigenvalue weighted by atomic mass is 10.1. The number of alkyl halides is 4. The number of nitrogens with zero attached hydrogens (tertiary/aromatic N) is 1. The van der Waals surface area contributed by atoms with Crippen molar-refractivity contribution < 1.29 is 36.7 Å². The average molecular weight is 413 g/mol. The fraction of sp³-hybridized carbons (Fsp3) is 0.350. The third kappa shape index (κ3) is 5.83. The molecule has 0 spiro atoms. The second-order valence-corrected chi connectivity index (χ2v) is 6.62. The smallest absolute Gasteiger partial charge is 0.387 e. The summed E-state index contributed by atoms with van der Waals surface area (Å²) in [6, 6.07) is 13.2. The Morgan fingerprint density at radius 1 is 0.966 bits per heavy atom. The summed E-state index contributed by atoms with van der Waals surface area (Å²) in [5.41, 5.74) is 1.09. The summed E-state index contributed by atoms with van der Waals surface area (Å²) in [5, 5.41) is 0. The van der Waals surface area contributed by atoms with Crippen molar-refractivity contribution in [3.63, 3.8) is 0 Å². The van der Waals surface area contributed by atoms with Gasteiger partial charge in [-0.25, -0.2) is 0 Å². The van der Waals surface area contributed by atoms with Gasteiger partial charge in [0.15, 0.2) is 0 Å². The molecule has 0 unspecified atom stereocenters. The Hall–Kier alpha value is -2.81. The van der Waals surface area contributed by atoms with E-state index in [0.29, 0.717) is 26.2 Å². The normalized spacial score (nSPS) is 15.0. The highest BCUT2D eigenvalue weighted by Crippen LogP contribution is 2.28. The molecule has 0 bridgehead atoms. The summed E-state index contributed by atoms with van der Waals surface area (Å²) < 4.78 is 58.7. The molecule has 0 aromatic heterocycles. The van der Waals surface area contributed by atoms with Gasteiger partial charge in [0.25, 0.3) is 5.91 Å². The van der Waals surface area contributed by atoms with Crippen LogP contribution >= 0.6 is 0 Å². The zero-order chi connectivity index (χ0) is 20.8. The molecule has 1 amide bonds. The van der Waals surface area contributed by atoms with Crippen LogP contribution in [0, 0.1) is 0 Å². The van der Waals surface area contributed by atoms with Gasteiger partial charge in [0.1, 0.15) is 18.0 Å². The molecule has 1 aliphatic heterocycles. The topological polar surface area (TPSA) is 43.2 Å². The van der Waals surface area contributed by atoms with Gasteiger partial charge in [0.05, 0.1) is 31.7 Å². The van der Waals surface area contributed by atoms with Crippen LogP contribution in [0.1, 0.15) is 15.9 Å². The molecule has 0 radical (unpaired) electrons. The molecular formula is C20H21F4N2O3+. The number of carbonyl (C=O) groups is 1. The van der Waals surface area contributed by atoms with Gasteiger partial charge in [0.2, 0.25) is 0 Å². The number of benzene rings is 2. The minimum atomic E-state index is -3.20. The lowest BCUT2D eigenvalue weighted by molar-refractivity contribution is -0.917. The van der Waals surface area contributed by atoms with Gasteiger partial charge in [-0.2, -0.15) is 17.6 Å². The number of halogens is 4. The summed E-state index contributed by atoms with van der Waals surface area (Å²) >= 11 is 0. The number of rotatable bonds is 7. The number of ether oxygens (including phenoxy) is 2. The summed E-state index contributed by atoms with van der Waals surface area (Å²) in [7, 11) is 0. The molecule has 3 rings (SSSR count). The van der Waals surface area contributed by atoms with Gasteiger partial charge < -0.3 is 19.3 Å². The molecule has 1 saturated heterocycles. The van der Waals surface area contributed by atoms with E-state index in [2.05, 4.69) is 9.47 Å². The SMILES string of the molecule is O=C(c1ccc(OC(F)F)cc1OC(F)F)N1CC[NH+](Cc2ccccc2)CC1. The fourth-order valence-corrected chi connectivity index (χ4v) is 3.31. The predicted octanol–water partition coefficient (Wildman–Crippen LogP) is 2.43. The van der Waals surface area contributed by atoms with Gasteiger partial charge in [-0.1, -0.05) is 30.3 Å². The zero-order valence-corrected chi connectivity index (χ0v) is 15.5. The first-order chi connectivity index (χ1) is 13.9. The van der Waals surface area contributed by atoms with Crippen molar-refractivity contribution in [1.29, 1.82) is 0 Å². The van der Waals surface area contributed by atoms with E-state index < -0.39 is 24.9 Å². The van der Waals surface area contributed by atoms with Crippen molar-refractivity contribution in [2.45, 2.75) is 19.8 Å². The van der Waals surface area contributed by atoms with Crippen LogP contribution in [0.5, 0.6) is 11.5 Å². The minimum Gasteiger partial charge on any atom is -0.435 e. The molecule has 0 saturated carbocycles. The molecule has 2 aromatic carbocycles. The highest BCUT2D eigenvalue weighted by atomic mass is 19.3. The largest absolute Gasteiger partial charge is 0.435 e.